The minimum atomic E-state index is -1.16. The van der Waals surface area contributed by atoms with Crippen molar-refractivity contribution < 1.29 is 34.4 Å². The Balaban J connectivity index is 0. The normalized spacial score (nSPS) is 9.59. The first-order valence-corrected chi connectivity index (χ1v) is 4.95. The Morgan fingerprint density at radius 1 is 1.12 bits per heavy atom. The van der Waals surface area contributed by atoms with E-state index in [2.05, 4.69) is 9.47 Å². The monoisotopic (exact) mass is 250 g/mol. The lowest BCUT2D eigenvalue weighted by atomic mass is 10.5. The van der Waals surface area contributed by atoms with E-state index < -0.39 is 11.9 Å². The van der Waals surface area contributed by atoms with Crippen LogP contribution in [-0.2, 0) is 19.1 Å². The van der Waals surface area contributed by atoms with E-state index >= 15 is 0 Å². The summed E-state index contributed by atoms with van der Waals surface area (Å²) in [5.41, 5.74) is 0. The molecule has 0 bridgehead atoms. The zero-order chi connectivity index (χ0) is 13.5. The first-order valence-electron chi connectivity index (χ1n) is 4.95. The van der Waals surface area contributed by atoms with E-state index in [1.165, 1.54) is 0 Å². The maximum atomic E-state index is 10.4. The number of carboxylic acids is 1. The van der Waals surface area contributed by atoms with Crippen molar-refractivity contribution in [2.75, 3.05) is 33.0 Å². The molecular formula is C10H18O7. The Morgan fingerprint density at radius 3 is 2.00 bits per heavy atom. The van der Waals surface area contributed by atoms with Crippen LogP contribution >= 0.6 is 0 Å². The molecule has 100 valence electrons. The molecule has 0 saturated carbocycles. The summed E-state index contributed by atoms with van der Waals surface area (Å²) in [6, 6.07) is 0. The topological polar surface area (TPSA) is 113 Å². The van der Waals surface area contributed by atoms with Gasteiger partial charge in [0.15, 0.2) is 0 Å². The molecule has 7 nitrogen and oxygen atoms in total. The van der Waals surface area contributed by atoms with E-state index in [9.17, 15) is 9.59 Å². The van der Waals surface area contributed by atoms with Crippen molar-refractivity contribution in [1.82, 2.24) is 0 Å². The average molecular weight is 250 g/mol. The van der Waals surface area contributed by atoms with Gasteiger partial charge in [-0.2, -0.15) is 0 Å². The van der Waals surface area contributed by atoms with E-state index in [0.717, 1.165) is 12.2 Å². The highest BCUT2D eigenvalue weighted by atomic mass is 16.5. The highest BCUT2D eigenvalue weighted by Gasteiger charge is 1.94. The fourth-order valence-electron chi connectivity index (χ4n) is 0.561. The maximum absolute atomic E-state index is 10.4. The molecule has 0 aromatic heterocycles. The molecule has 0 spiro atoms. The van der Waals surface area contributed by atoms with E-state index in [1.807, 2.05) is 0 Å². The first-order chi connectivity index (χ1) is 8.08. The van der Waals surface area contributed by atoms with E-state index in [0.29, 0.717) is 13.2 Å². The number of ether oxygens (including phenoxy) is 2. The van der Waals surface area contributed by atoms with E-state index in [-0.39, 0.29) is 19.8 Å². The molecule has 0 aliphatic rings. The lowest BCUT2D eigenvalue weighted by Crippen LogP contribution is -2.03. The van der Waals surface area contributed by atoms with Crippen LogP contribution in [0.2, 0.25) is 0 Å². The molecule has 0 aromatic rings. The minimum Gasteiger partial charge on any atom is -0.478 e. The number of hydrogen-bond donors (Lipinski definition) is 3. The van der Waals surface area contributed by atoms with Crippen LogP contribution in [-0.4, -0.2) is 60.3 Å². The second-order valence-electron chi connectivity index (χ2n) is 2.48. The van der Waals surface area contributed by atoms with Crippen LogP contribution < -0.4 is 0 Å². The van der Waals surface area contributed by atoms with Gasteiger partial charge in [0.1, 0.15) is 0 Å². The van der Waals surface area contributed by atoms with Crippen LogP contribution in [0.1, 0.15) is 6.92 Å². The third-order valence-corrected chi connectivity index (χ3v) is 1.12. The lowest BCUT2D eigenvalue weighted by Gasteiger charge is -1.94. The molecule has 0 amide bonds. The maximum Gasteiger partial charge on any atom is 0.330 e. The number of aliphatic hydroxyl groups excluding tert-OH is 2. The highest BCUT2D eigenvalue weighted by molar-refractivity contribution is 5.90. The smallest absolute Gasteiger partial charge is 0.330 e. The van der Waals surface area contributed by atoms with Gasteiger partial charge in [0.2, 0.25) is 0 Å². The van der Waals surface area contributed by atoms with Crippen molar-refractivity contribution >= 4 is 11.9 Å². The van der Waals surface area contributed by atoms with Crippen LogP contribution in [0.15, 0.2) is 12.2 Å². The van der Waals surface area contributed by atoms with Gasteiger partial charge in [0.05, 0.1) is 33.0 Å². The number of aliphatic carboxylic acids is 1. The molecule has 0 unspecified atom stereocenters. The number of rotatable bonds is 7. The molecule has 0 rings (SSSR count). The molecule has 0 radical (unpaired) electrons. The second-order valence-corrected chi connectivity index (χ2v) is 2.48. The van der Waals surface area contributed by atoms with Crippen molar-refractivity contribution in [3.63, 3.8) is 0 Å². The highest BCUT2D eigenvalue weighted by Crippen LogP contribution is 1.80. The summed E-state index contributed by atoms with van der Waals surface area (Å²) in [4.78, 5) is 20.2. The molecule has 17 heavy (non-hydrogen) atoms. The first kappa shape index (κ1) is 17.9. The molecule has 0 atom stereocenters. The van der Waals surface area contributed by atoms with Gasteiger partial charge in [-0.15, -0.1) is 0 Å². The third-order valence-electron chi connectivity index (χ3n) is 1.12. The van der Waals surface area contributed by atoms with Crippen molar-refractivity contribution in [2.24, 2.45) is 0 Å². The molecule has 3 N–H and O–H groups in total. The van der Waals surface area contributed by atoms with Gasteiger partial charge in [0, 0.05) is 12.2 Å². The molecule has 0 fully saturated rings. The van der Waals surface area contributed by atoms with E-state index in [1.54, 1.807) is 6.92 Å². The Hall–Kier alpha value is -1.44. The van der Waals surface area contributed by atoms with Crippen molar-refractivity contribution in [3.05, 3.63) is 12.2 Å². The Bertz CT molecular complexity index is 221. The molecule has 0 saturated heterocycles. The van der Waals surface area contributed by atoms with Gasteiger partial charge < -0.3 is 24.8 Å². The largest absolute Gasteiger partial charge is 0.478 e. The number of hydrogen-bond acceptors (Lipinski definition) is 6. The van der Waals surface area contributed by atoms with Gasteiger partial charge in [-0.25, -0.2) is 9.59 Å². The number of carboxylic acid groups (broad SMARTS) is 1. The predicted molar refractivity (Wildman–Crippen MR) is 58.4 cm³/mol. The lowest BCUT2D eigenvalue weighted by molar-refractivity contribution is -0.138. The fourth-order valence-corrected chi connectivity index (χ4v) is 0.561. The molecule has 0 heterocycles. The number of aliphatic hydroxyl groups is 2. The van der Waals surface area contributed by atoms with Gasteiger partial charge >= 0.3 is 11.9 Å². The minimum absolute atomic E-state index is 0.0278. The van der Waals surface area contributed by atoms with Crippen LogP contribution in [0, 0.1) is 0 Å². The van der Waals surface area contributed by atoms with E-state index in [4.69, 9.17) is 15.3 Å². The SMILES string of the molecule is CCOC(=O)C=CC(=O)O.OCCOCCO. The fraction of sp³-hybridized carbons (Fsp3) is 0.600. The van der Waals surface area contributed by atoms with Crippen LogP contribution in [0.5, 0.6) is 0 Å². The number of carbonyl (C=O) groups is 2. The van der Waals surface area contributed by atoms with Gasteiger partial charge in [-0.3, -0.25) is 0 Å². The summed E-state index contributed by atoms with van der Waals surface area (Å²) in [7, 11) is 0. The number of esters is 1. The molecule has 7 heteroatoms. The zero-order valence-electron chi connectivity index (χ0n) is 9.66. The Kier molecular flexibility index (Phi) is 15.4. The molecule has 0 aliphatic heterocycles. The van der Waals surface area contributed by atoms with Crippen LogP contribution in [0.4, 0.5) is 0 Å². The number of carbonyl (C=O) groups excluding carboxylic acids is 1. The summed E-state index contributed by atoms with van der Waals surface area (Å²) in [5, 5.41) is 24.2. The summed E-state index contributed by atoms with van der Waals surface area (Å²) < 4.78 is 9.04. The van der Waals surface area contributed by atoms with Crippen molar-refractivity contribution in [3.8, 4) is 0 Å². The predicted octanol–water partition coefficient (Wildman–Crippen LogP) is -0.822. The Labute approximate surface area is 99.3 Å². The third kappa shape index (κ3) is 20.6. The summed E-state index contributed by atoms with van der Waals surface area (Å²) in [6.07, 6.45) is 1.60. The summed E-state index contributed by atoms with van der Waals surface area (Å²) in [6.45, 7) is 2.59. The summed E-state index contributed by atoms with van der Waals surface area (Å²) >= 11 is 0. The van der Waals surface area contributed by atoms with Crippen LogP contribution in [0.3, 0.4) is 0 Å². The Morgan fingerprint density at radius 2 is 1.65 bits per heavy atom. The molecular weight excluding hydrogens is 232 g/mol. The van der Waals surface area contributed by atoms with Crippen molar-refractivity contribution in [1.29, 1.82) is 0 Å². The summed E-state index contributed by atoms with van der Waals surface area (Å²) in [5.74, 6) is -1.79. The van der Waals surface area contributed by atoms with Crippen molar-refractivity contribution in [2.45, 2.75) is 6.92 Å². The average Bonchev–Trinajstić information content (AvgIpc) is 2.28. The molecule has 0 aliphatic carbocycles. The second kappa shape index (κ2) is 14.6. The quantitative estimate of drug-likeness (QED) is 0.307. The van der Waals surface area contributed by atoms with Gasteiger partial charge in [-0.05, 0) is 6.92 Å². The zero-order valence-corrected chi connectivity index (χ0v) is 9.66. The van der Waals surface area contributed by atoms with Crippen LogP contribution in [0.25, 0.3) is 0 Å². The standard InChI is InChI=1S/C6H8O4.C4H10O3/c1-2-10-6(9)4-3-5(7)8;5-1-3-7-4-2-6/h3-4H,2H2,1H3,(H,7,8);5-6H,1-4H2. The van der Waals surface area contributed by atoms with Gasteiger partial charge in [0.25, 0.3) is 0 Å². The van der Waals surface area contributed by atoms with Gasteiger partial charge in [-0.1, -0.05) is 0 Å². The molecule has 0 aromatic carbocycles.